The summed E-state index contributed by atoms with van der Waals surface area (Å²) in [5.74, 6) is 0. The molecule has 2 heteroatoms. The van der Waals surface area contributed by atoms with Crippen molar-refractivity contribution in [2.75, 3.05) is 0 Å². The van der Waals surface area contributed by atoms with E-state index in [1.807, 2.05) is 11.3 Å². The monoisotopic (exact) mass is 205 g/mol. The minimum atomic E-state index is 0.669. The Morgan fingerprint density at radius 1 is 1.36 bits per heavy atom. The van der Waals surface area contributed by atoms with Gasteiger partial charge in [-0.15, -0.1) is 11.3 Å². The molecule has 0 amide bonds. The smallest absolute Gasteiger partial charge is 0.0378 e. The topological polar surface area (TPSA) is 26.0 Å². The molecule has 0 saturated carbocycles. The first-order chi connectivity index (χ1) is 6.77. The fourth-order valence-electron chi connectivity index (χ4n) is 1.91. The van der Waals surface area contributed by atoms with Crippen LogP contribution in [0, 0.1) is 6.92 Å². The summed E-state index contributed by atoms with van der Waals surface area (Å²) < 4.78 is 1.41. The lowest BCUT2D eigenvalue weighted by atomic mass is 10.1. The van der Waals surface area contributed by atoms with E-state index in [4.69, 9.17) is 5.73 Å². The molecule has 0 spiro atoms. The molecule has 1 heterocycles. The molecule has 0 saturated heterocycles. The molecule has 0 aliphatic carbocycles. The highest BCUT2D eigenvalue weighted by Gasteiger charge is 2.09. The Morgan fingerprint density at radius 3 is 2.79 bits per heavy atom. The Morgan fingerprint density at radius 2 is 2.14 bits per heavy atom. The Balaban J connectivity index is 2.79. The van der Waals surface area contributed by atoms with Crippen LogP contribution in [0.2, 0.25) is 0 Å². The highest BCUT2D eigenvalue weighted by molar-refractivity contribution is 7.19. The Kier molecular flexibility index (Phi) is 2.57. The molecule has 0 atom stereocenters. The van der Waals surface area contributed by atoms with Gasteiger partial charge in [-0.05, 0) is 29.9 Å². The Bertz CT molecular complexity index is 457. The fourth-order valence-corrected chi connectivity index (χ4v) is 3.15. The molecule has 1 aromatic heterocycles. The molecule has 0 aliphatic rings. The van der Waals surface area contributed by atoms with Gasteiger partial charge in [0.15, 0.2) is 0 Å². The fraction of sp³-hybridized carbons (Fsp3) is 0.333. The largest absolute Gasteiger partial charge is 0.326 e. The van der Waals surface area contributed by atoms with Gasteiger partial charge in [-0.3, -0.25) is 0 Å². The van der Waals surface area contributed by atoms with Gasteiger partial charge in [0.2, 0.25) is 0 Å². The lowest BCUT2D eigenvalue weighted by molar-refractivity contribution is 1.05. The maximum atomic E-state index is 5.75. The van der Waals surface area contributed by atoms with Gasteiger partial charge in [-0.25, -0.2) is 0 Å². The second kappa shape index (κ2) is 3.71. The van der Waals surface area contributed by atoms with Crippen molar-refractivity contribution in [1.82, 2.24) is 0 Å². The van der Waals surface area contributed by atoms with Crippen molar-refractivity contribution in [3.63, 3.8) is 0 Å². The summed E-state index contributed by atoms with van der Waals surface area (Å²) in [6, 6.07) is 6.50. The SMILES string of the molecule is CCc1c(CN)sc2c(C)cccc12. The molecule has 1 aromatic carbocycles. The van der Waals surface area contributed by atoms with E-state index in [0.29, 0.717) is 6.54 Å². The van der Waals surface area contributed by atoms with Crippen LogP contribution in [0.25, 0.3) is 10.1 Å². The first kappa shape index (κ1) is 9.69. The van der Waals surface area contributed by atoms with E-state index < -0.39 is 0 Å². The Hall–Kier alpha value is -0.860. The van der Waals surface area contributed by atoms with E-state index in [9.17, 15) is 0 Å². The molecule has 0 fully saturated rings. The number of aryl methyl sites for hydroxylation is 2. The predicted molar refractivity (Wildman–Crippen MR) is 63.8 cm³/mol. The standard InChI is InChI=1S/C12H15NS/c1-3-9-10-6-4-5-8(2)12(10)14-11(9)7-13/h4-6H,3,7,13H2,1-2H3. The number of benzene rings is 1. The molecule has 1 nitrogen and oxygen atoms in total. The molecule has 74 valence electrons. The molecule has 0 unspecified atom stereocenters. The summed E-state index contributed by atoms with van der Waals surface area (Å²) in [4.78, 5) is 1.34. The van der Waals surface area contributed by atoms with Crippen LogP contribution in [0.4, 0.5) is 0 Å². The highest BCUT2D eigenvalue weighted by atomic mass is 32.1. The van der Waals surface area contributed by atoms with Crippen molar-refractivity contribution in [2.45, 2.75) is 26.8 Å². The minimum absolute atomic E-state index is 0.669. The van der Waals surface area contributed by atoms with E-state index in [-0.39, 0.29) is 0 Å². The van der Waals surface area contributed by atoms with Gasteiger partial charge < -0.3 is 5.73 Å². The summed E-state index contributed by atoms with van der Waals surface area (Å²) in [5, 5.41) is 1.40. The van der Waals surface area contributed by atoms with Crippen LogP contribution in [0.15, 0.2) is 18.2 Å². The summed E-state index contributed by atoms with van der Waals surface area (Å²) in [7, 11) is 0. The van der Waals surface area contributed by atoms with Gasteiger partial charge in [0, 0.05) is 16.1 Å². The van der Waals surface area contributed by atoms with Crippen molar-refractivity contribution in [1.29, 1.82) is 0 Å². The summed E-state index contributed by atoms with van der Waals surface area (Å²) in [6.07, 6.45) is 1.08. The van der Waals surface area contributed by atoms with Gasteiger partial charge in [0.1, 0.15) is 0 Å². The third kappa shape index (κ3) is 1.35. The van der Waals surface area contributed by atoms with Crippen LogP contribution in [0.1, 0.15) is 22.9 Å². The van der Waals surface area contributed by atoms with Crippen molar-refractivity contribution in [2.24, 2.45) is 5.73 Å². The van der Waals surface area contributed by atoms with Gasteiger partial charge in [-0.2, -0.15) is 0 Å². The number of hydrogen-bond donors (Lipinski definition) is 1. The third-order valence-corrected chi connectivity index (χ3v) is 4.04. The first-order valence-corrected chi connectivity index (χ1v) is 5.79. The molecule has 0 bridgehead atoms. The highest BCUT2D eigenvalue weighted by Crippen LogP contribution is 2.33. The number of hydrogen-bond acceptors (Lipinski definition) is 2. The number of fused-ring (bicyclic) bond motifs is 1. The van der Waals surface area contributed by atoms with Crippen LogP contribution in [0.5, 0.6) is 0 Å². The van der Waals surface area contributed by atoms with Gasteiger partial charge in [-0.1, -0.05) is 25.1 Å². The Labute approximate surface area is 88.6 Å². The van der Waals surface area contributed by atoms with E-state index in [1.165, 1.54) is 26.1 Å². The molecule has 0 radical (unpaired) electrons. The third-order valence-electron chi connectivity index (χ3n) is 2.64. The summed E-state index contributed by atoms with van der Waals surface area (Å²) in [5.41, 5.74) is 8.55. The average Bonchev–Trinajstić information content (AvgIpc) is 2.57. The van der Waals surface area contributed by atoms with Crippen molar-refractivity contribution in [3.05, 3.63) is 34.2 Å². The zero-order valence-corrected chi connectivity index (χ0v) is 9.45. The van der Waals surface area contributed by atoms with Crippen LogP contribution in [-0.4, -0.2) is 0 Å². The molecule has 2 aromatic rings. The second-order valence-electron chi connectivity index (χ2n) is 3.51. The number of thiophene rings is 1. The van der Waals surface area contributed by atoms with Crippen molar-refractivity contribution < 1.29 is 0 Å². The zero-order chi connectivity index (χ0) is 10.1. The molecule has 2 N–H and O–H groups in total. The second-order valence-corrected chi connectivity index (χ2v) is 4.62. The molecule has 0 aliphatic heterocycles. The number of nitrogens with two attached hydrogens (primary N) is 1. The van der Waals surface area contributed by atoms with Gasteiger partial charge in [0.25, 0.3) is 0 Å². The predicted octanol–water partition coefficient (Wildman–Crippen LogP) is 3.23. The van der Waals surface area contributed by atoms with Crippen LogP contribution in [0.3, 0.4) is 0 Å². The zero-order valence-electron chi connectivity index (χ0n) is 8.63. The maximum Gasteiger partial charge on any atom is 0.0378 e. The van der Waals surface area contributed by atoms with E-state index in [2.05, 4.69) is 32.0 Å². The van der Waals surface area contributed by atoms with Crippen LogP contribution in [-0.2, 0) is 13.0 Å². The number of rotatable bonds is 2. The lowest BCUT2D eigenvalue weighted by Crippen LogP contribution is -1.96. The molecular weight excluding hydrogens is 190 g/mol. The van der Waals surface area contributed by atoms with Crippen molar-refractivity contribution >= 4 is 21.4 Å². The van der Waals surface area contributed by atoms with Gasteiger partial charge in [0.05, 0.1) is 0 Å². The molecular formula is C12H15NS. The normalized spacial score (nSPS) is 11.1. The maximum absolute atomic E-state index is 5.75. The lowest BCUT2D eigenvalue weighted by Gasteiger charge is -1.98. The minimum Gasteiger partial charge on any atom is -0.326 e. The van der Waals surface area contributed by atoms with Gasteiger partial charge >= 0.3 is 0 Å². The van der Waals surface area contributed by atoms with Crippen molar-refractivity contribution in [3.8, 4) is 0 Å². The van der Waals surface area contributed by atoms with Crippen LogP contribution >= 0.6 is 11.3 Å². The quantitative estimate of drug-likeness (QED) is 0.800. The average molecular weight is 205 g/mol. The van der Waals surface area contributed by atoms with E-state index in [0.717, 1.165) is 6.42 Å². The summed E-state index contributed by atoms with van der Waals surface area (Å²) >= 11 is 1.85. The van der Waals surface area contributed by atoms with Crippen LogP contribution < -0.4 is 5.73 Å². The van der Waals surface area contributed by atoms with E-state index in [1.54, 1.807) is 0 Å². The molecule has 14 heavy (non-hydrogen) atoms. The first-order valence-electron chi connectivity index (χ1n) is 4.97. The molecule has 2 rings (SSSR count). The van der Waals surface area contributed by atoms with E-state index >= 15 is 0 Å². The summed E-state index contributed by atoms with van der Waals surface area (Å²) in [6.45, 7) is 5.03.